The second-order valence-electron chi connectivity index (χ2n) is 5.66. The molecule has 0 saturated heterocycles. The first kappa shape index (κ1) is 15.0. The summed E-state index contributed by atoms with van der Waals surface area (Å²) in [5, 5.41) is 8.39. The average Bonchev–Trinajstić information content (AvgIpc) is 3.03. The van der Waals surface area contributed by atoms with Crippen LogP contribution in [-0.2, 0) is 0 Å². The molecule has 1 N–H and O–H groups in total. The molecule has 114 valence electrons. The second kappa shape index (κ2) is 6.44. The molecule has 0 radical (unpaired) electrons. The summed E-state index contributed by atoms with van der Waals surface area (Å²) in [4.78, 5) is 4.42. The van der Waals surface area contributed by atoms with Gasteiger partial charge in [0.1, 0.15) is 0 Å². The fourth-order valence-corrected chi connectivity index (χ4v) is 2.51. The smallest absolute Gasteiger partial charge is 0.0722 e. The highest BCUT2D eigenvalue weighted by molar-refractivity contribution is 5.97. The van der Waals surface area contributed by atoms with Crippen LogP contribution in [0.2, 0.25) is 0 Å². The number of fused-ring (bicyclic) bond motifs is 1. The van der Waals surface area contributed by atoms with E-state index in [4.69, 9.17) is 0 Å². The number of allylic oxidation sites excluding steroid dienone is 5. The Morgan fingerprint density at radius 1 is 1.13 bits per heavy atom. The lowest BCUT2D eigenvalue weighted by Crippen LogP contribution is -1.87. The number of aromatic nitrogens is 3. The second-order valence-corrected chi connectivity index (χ2v) is 5.66. The molecule has 0 aliphatic rings. The number of H-pyrrole nitrogens is 1. The van der Waals surface area contributed by atoms with Gasteiger partial charge in [-0.05, 0) is 37.1 Å². The minimum atomic E-state index is 0.899. The van der Waals surface area contributed by atoms with Crippen molar-refractivity contribution < 1.29 is 0 Å². The molecule has 3 aromatic rings. The van der Waals surface area contributed by atoms with Gasteiger partial charge in [-0.15, -0.1) is 0 Å². The maximum atomic E-state index is 4.42. The van der Waals surface area contributed by atoms with Crippen molar-refractivity contribution in [3.63, 3.8) is 0 Å². The molecule has 2 aromatic heterocycles. The number of pyridine rings is 1. The first-order valence-corrected chi connectivity index (χ1v) is 7.55. The van der Waals surface area contributed by atoms with Gasteiger partial charge in [0.25, 0.3) is 0 Å². The molecule has 0 spiro atoms. The zero-order valence-corrected chi connectivity index (χ0v) is 13.4. The molecule has 0 bridgehead atoms. The number of hydrogen-bond donors (Lipinski definition) is 1. The molecule has 0 fully saturated rings. The third-order valence-electron chi connectivity index (χ3n) is 3.63. The zero-order chi connectivity index (χ0) is 16.2. The van der Waals surface area contributed by atoms with Crippen molar-refractivity contribution in [1.29, 1.82) is 0 Å². The minimum Gasteiger partial charge on any atom is -0.277 e. The number of hydrogen-bond acceptors (Lipinski definition) is 2. The van der Waals surface area contributed by atoms with E-state index in [1.807, 2.05) is 48.8 Å². The Labute approximate surface area is 136 Å². The van der Waals surface area contributed by atoms with Gasteiger partial charge in [0.2, 0.25) is 0 Å². The van der Waals surface area contributed by atoms with Crippen LogP contribution in [0.25, 0.3) is 27.6 Å². The monoisotopic (exact) mass is 301 g/mol. The van der Waals surface area contributed by atoms with E-state index >= 15 is 0 Å². The number of nitrogens with one attached hydrogen (secondary N) is 1. The number of rotatable bonds is 4. The third kappa shape index (κ3) is 3.14. The van der Waals surface area contributed by atoms with Crippen LogP contribution in [0.1, 0.15) is 19.5 Å². The van der Waals surface area contributed by atoms with Crippen LogP contribution in [-0.4, -0.2) is 15.2 Å². The van der Waals surface area contributed by atoms with E-state index in [1.54, 1.807) is 0 Å². The van der Waals surface area contributed by atoms with E-state index in [0.29, 0.717) is 0 Å². The van der Waals surface area contributed by atoms with Crippen molar-refractivity contribution in [1.82, 2.24) is 15.2 Å². The standard InChI is InChI=1S/C20H19N3/c1-14(2)7-6-8-15(3)20-18(13-22-23-20)16-11-12-21-19-10-5-4-9-17(16)19/h4-13H,3H2,1-2H3,(H,22,23)/b8-6-. The Hall–Kier alpha value is -2.94. The van der Waals surface area contributed by atoms with Crippen molar-refractivity contribution in [3.05, 3.63) is 78.8 Å². The van der Waals surface area contributed by atoms with Gasteiger partial charge in [0.15, 0.2) is 0 Å². The zero-order valence-electron chi connectivity index (χ0n) is 13.4. The highest BCUT2D eigenvalue weighted by Gasteiger charge is 2.12. The van der Waals surface area contributed by atoms with Gasteiger partial charge >= 0.3 is 0 Å². The first-order chi connectivity index (χ1) is 11.2. The molecule has 1 aromatic carbocycles. The van der Waals surface area contributed by atoms with E-state index in [9.17, 15) is 0 Å². The van der Waals surface area contributed by atoms with Crippen molar-refractivity contribution in [2.75, 3.05) is 0 Å². The number of para-hydroxylation sites is 1. The van der Waals surface area contributed by atoms with Crippen LogP contribution in [0, 0.1) is 0 Å². The predicted molar refractivity (Wildman–Crippen MR) is 96.9 cm³/mol. The number of aromatic amines is 1. The Morgan fingerprint density at radius 3 is 2.78 bits per heavy atom. The molecule has 3 rings (SSSR count). The number of nitrogens with zero attached hydrogens (tertiary/aromatic N) is 2. The molecule has 0 aliphatic heterocycles. The fourth-order valence-electron chi connectivity index (χ4n) is 2.51. The topological polar surface area (TPSA) is 41.6 Å². The largest absolute Gasteiger partial charge is 0.277 e. The predicted octanol–water partition coefficient (Wildman–Crippen LogP) is 5.16. The third-order valence-corrected chi connectivity index (χ3v) is 3.63. The SMILES string of the molecule is C=C(/C=C\C=C(C)C)c1[nH]ncc1-c1ccnc2ccccc12. The van der Waals surface area contributed by atoms with Crippen LogP contribution in [0.4, 0.5) is 0 Å². The summed E-state index contributed by atoms with van der Waals surface area (Å²) in [6, 6.07) is 10.1. The Balaban J connectivity index is 2.05. The van der Waals surface area contributed by atoms with Gasteiger partial charge in [-0.25, -0.2) is 0 Å². The molecule has 23 heavy (non-hydrogen) atoms. The van der Waals surface area contributed by atoms with Crippen molar-refractivity contribution in [3.8, 4) is 11.1 Å². The Bertz CT molecular complexity index is 904. The first-order valence-electron chi connectivity index (χ1n) is 7.55. The number of benzene rings is 1. The molecule has 0 amide bonds. The molecule has 0 atom stereocenters. The summed E-state index contributed by atoms with van der Waals surface area (Å²) in [6.45, 7) is 8.29. The quantitative estimate of drug-likeness (QED) is 0.676. The van der Waals surface area contributed by atoms with Gasteiger partial charge in [0, 0.05) is 17.1 Å². The summed E-state index contributed by atoms with van der Waals surface area (Å²) < 4.78 is 0. The van der Waals surface area contributed by atoms with Crippen molar-refractivity contribution in [2.45, 2.75) is 13.8 Å². The minimum absolute atomic E-state index is 0.899. The summed E-state index contributed by atoms with van der Waals surface area (Å²) in [6.07, 6.45) is 9.73. The molecule has 3 nitrogen and oxygen atoms in total. The van der Waals surface area contributed by atoms with E-state index in [0.717, 1.165) is 33.3 Å². The van der Waals surface area contributed by atoms with Crippen molar-refractivity contribution >= 4 is 16.5 Å². The molecule has 2 heterocycles. The Kier molecular flexibility index (Phi) is 4.20. The maximum absolute atomic E-state index is 4.42. The van der Waals surface area contributed by atoms with E-state index in [2.05, 4.69) is 47.8 Å². The highest BCUT2D eigenvalue weighted by Crippen LogP contribution is 2.31. The average molecular weight is 301 g/mol. The lowest BCUT2D eigenvalue weighted by atomic mass is 9.99. The maximum Gasteiger partial charge on any atom is 0.0722 e. The van der Waals surface area contributed by atoms with Crippen LogP contribution >= 0.6 is 0 Å². The van der Waals surface area contributed by atoms with Crippen LogP contribution in [0.3, 0.4) is 0 Å². The van der Waals surface area contributed by atoms with Gasteiger partial charge in [-0.2, -0.15) is 5.10 Å². The highest BCUT2D eigenvalue weighted by atomic mass is 15.1. The van der Waals surface area contributed by atoms with Crippen LogP contribution < -0.4 is 0 Å². The van der Waals surface area contributed by atoms with Gasteiger partial charge in [0.05, 0.1) is 17.4 Å². The Morgan fingerprint density at radius 2 is 1.96 bits per heavy atom. The normalized spacial score (nSPS) is 11.0. The molecule has 0 saturated carbocycles. The van der Waals surface area contributed by atoms with Crippen LogP contribution in [0.15, 0.2) is 73.1 Å². The van der Waals surface area contributed by atoms with E-state index < -0.39 is 0 Å². The summed E-state index contributed by atoms with van der Waals surface area (Å²) >= 11 is 0. The lowest BCUT2D eigenvalue weighted by Gasteiger charge is -2.07. The van der Waals surface area contributed by atoms with E-state index in [1.165, 1.54) is 5.57 Å². The summed E-state index contributed by atoms with van der Waals surface area (Å²) in [7, 11) is 0. The molecular formula is C20H19N3. The van der Waals surface area contributed by atoms with Crippen molar-refractivity contribution in [2.24, 2.45) is 0 Å². The van der Waals surface area contributed by atoms with Gasteiger partial charge in [-0.1, -0.05) is 48.6 Å². The van der Waals surface area contributed by atoms with E-state index in [-0.39, 0.29) is 0 Å². The molecule has 0 aliphatic carbocycles. The summed E-state index contributed by atoms with van der Waals surface area (Å²) in [5.74, 6) is 0. The summed E-state index contributed by atoms with van der Waals surface area (Å²) in [5.41, 5.74) is 6.20. The molecule has 3 heteroatoms. The lowest BCUT2D eigenvalue weighted by molar-refractivity contribution is 1.08. The molecule has 0 unspecified atom stereocenters. The van der Waals surface area contributed by atoms with Gasteiger partial charge in [-0.3, -0.25) is 10.1 Å². The van der Waals surface area contributed by atoms with Gasteiger partial charge < -0.3 is 0 Å². The molecular weight excluding hydrogens is 282 g/mol. The van der Waals surface area contributed by atoms with Crippen LogP contribution in [0.5, 0.6) is 0 Å². The fraction of sp³-hybridized carbons (Fsp3) is 0.100.